The molecule has 0 aliphatic rings. The summed E-state index contributed by atoms with van der Waals surface area (Å²) in [6.07, 6.45) is 1.30. The largest absolute Gasteiger partial charge is 1.00 e. The van der Waals surface area contributed by atoms with Crippen LogP contribution in [0.5, 0.6) is 0 Å². The van der Waals surface area contributed by atoms with Crippen LogP contribution in [-0.2, 0) is 10.3 Å². The van der Waals surface area contributed by atoms with Gasteiger partial charge in [-0.05, 0) is 12.8 Å². The van der Waals surface area contributed by atoms with Crippen LogP contribution in [0.4, 0.5) is 0 Å². The van der Waals surface area contributed by atoms with Gasteiger partial charge in [-0.3, -0.25) is 0 Å². The van der Waals surface area contributed by atoms with Crippen LogP contribution in [0.25, 0.3) is 0 Å². The predicted molar refractivity (Wildman–Crippen MR) is 37.2 cm³/mol. The van der Waals surface area contributed by atoms with E-state index >= 15 is 0 Å². The molecule has 0 saturated carbocycles. The van der Waals surface area contributed by atoms with Crippen LogP contribution in [0.3, 0.4) is 0 Å². The Bertz CT molecular complexity index is 176. The molecule has 0 rings (SSSR count). The molecule has 0 aromatic rings. The van der Waals surface area contributed by atoms with E-state index in [-0.39, 0.29) is 35.6 Å². The number of hydrogen-bond donors (Lipinski definition) is 1. The van der Waals surface area contributed by atoms with Gasteiger partial charge in [0, 0.05) is 6.04 Å². The Balaban J connectivity index is 0. The van der Waals surface area contributed by atoms with E-state index < -0.39 is 10.3 Å². The number of nitrogens with one attached hydrogen (secondary N) is 1. The second-order valence-electron chi connectivity index (χ2n) is 2.09. The van der Waals surface area contributed by atoms with E-state index in [9.17, 15) is 13.0 Å². The van der Waals surface area contributed by atoms with Crippen molar-refractivity contribution in [1.29, 1.82) is 0 Å². The van der Waals surface area contributed by atoms with Gasteiger partial charge in [0.25, 0.3) is 0 Å². The maximum atomic E-state index is 10.1. The molecule has 0 saturated heterocycles. The van der Waals surface area contributed by atoms with Gasteiger partial charge in [-0.25, -0.2) is 13.1 Å². The van der Waals surface area contributed by atoms with Gasteiger partial charge in [0.2, 0.25) is 0 Å². The first-order valence-electron chi connectivity index (χ1n) is 3.22. The molecule has 0 amide bonds. The first-order valence-corrected chi connectivity index (χ1v) is 4.63. The molecular weight excluding hydrogens is 177 g/mol. The van der Waals surface area contributed by atoms with E-state index in [2.05, 4.69) is 0 Å². The fourth-order valence-corrected chi connectivity index (χ4v) is 1.40. The van der Waals surface area contributed by atoms with E-state index in [1.807, 2.05) is 18.6 Å². The zero-order valence-corrected chi connectivity index (χ0v) is 9.94. The van der Waals surface area contributed by atoms with Crippen LogP contribution in [0, 0.1) is 0 Å². The van der Waals surface area contributed by atoms with Crippen LogP contribution in [-0.4, -0.2) is 19.0 Å². The van der Waals surface area contributed by atoms with Crippen LogP contribution in [0.2, 0.25) is 0 Å². The number of hydrogen-bond acceptors (Lipinski definition) is 3. The molecule has 0 bridgehead atoms. The fourth-order valence-electron chi connectivity index (χ4n) is 0.659. The normalized spacial score (nSPS) is 11.3. The summed E-state index contributed by atoms with van der Waals surface area (Å²) in [5.41, 5.74) is 0. The monoisotopic (exact) mass is 189 g/mol. The van der Waals surface area contributed by atoms with Crippen molar-refractivity contribution in [1.82, 2.24) is 4.72 Å². The maximum absolute atomic E-state index is 10.1. The first kappa shape index (κ1) is 14.4. The standard InChI is InChI=1S/C5H13NO3S.Na/c1-3-5(4-2)6-10(7,8)9;/h5-6H,3-4H2,1-2H3,(H,7,8,9);/q;+1/p-1. The summed E-state index contributed by atoms with van der Waals surface area (Å²) in [6.45, 7) is 3.65. The Morgan fingerprint density at radius 2 is 1.73 bits per heavy atom. The van der Waals surface area contributed by atoms with E-state index in [0.717, 1.165) is 0 Å². The van der Waals surface area contributed by atoms with Crippen LogP contribution >= 0.6 is 0 Å². The Hall–Kier alpha value is 0.870. The quantitative estimate of drug-likeness (QED) is 0.384. The summed E-state index contributed by atoms with van der Waals surface area (Å²) in [6, 6.07) is -0.206. The van der Waals surface area contributed by atoms with E-state index in [1.54, 1.807) is 0 Å². The molecule has 0 atom stereocenters. The van der Waals surface area contributed by atoms with Crippen molar-refractivity contribution in [2.24, 2.45) is 0 Å². The molecule has 11 heavy (non-hydrogen) atoms. The van der Waals surface area contributed by atoms with Gasteiger partial charge in [-0.2, -0.15) is 0 Å². The molecular formula is C5H12NNaO3S. The summed E-state index contributed by atoms with van der Waals surface area (Å²) in [4.78, 5) is 0. The van der Waals surface area contributed by atoms with Gasteiger partial charge in [0.1, 0.15) is 0 Å². The minimum Gasteiger partial charge on any atom is -0.735 e. The molecule has 62 valence electrons. The van der Waals surface area contributed by atoms with Gasteiger partial charge in [0.15, 0.2) is 10.3 Å². The molecule has 6 heteroatoms. The minimum absolute atomic E-state index is 0. The predicted octanol–water partition coefficient (Wildman–Crippen LogP) is -2.77. The maximum Gasteiger partial charge on any atom is 1.00 e. The molecule has 0 spiro atoms. The van der Waals surface area contributed by atoms with Crippen LogP contribution in [0.15, 0.2) is 0 Å². The molecule has 0 aliphatic carbocycles. The van der Waals surface area contributed by atoms with Gasteiger partial charge in [-0.1, -0.05) is 13.8 Å². The summed E-state index contributed by atoms with van der Waals surface area (Å²) in [5.74, 6) is 0. The molecule has 0 heterocycles. The molecule has 0 aromatic heterocycles. The molecule has 4 nitrogen and oxygen atoms in total. The fraction of sp³-hybridized carbons (Fsp3) is 1.00. The third-order valence-electron chi connectivity index (χ3n) is 1.30. The Morgan fingerprint density at radius 1 is 1.36 bits per heavy atom. The van der Waals surface area contributed by atoms with Crippen molar-refractivity contribution in [3.8, 4) is 0 Å². The topological polar surface area (TPSA) is 69.2 Å². The van der Waals surface area contributed by atoms with Crippen molar-refractivity contribution < 1.29 is 42.5 Å². The average Bonchev–Trinajstić information content (AvgIpc) is 1.81. The second-order valence-corrected chi connectivity index (χ2v) is 3.23. The van der Waals surface area contributed by atoms with Gasteiger partial charge in [0.05, 0.1) is 0 Å². The van der Waals surface area contributed by atoms with E-state index in [1.165, 1.54) is 0 Å². The molecule has 0 aromatic carbocycles. The first-order chi connectivity index (χ1) is 4.49. The Morgan fingerprint density at radius 3 is 1.82 bits per heavy atom. The third kappa shape index (κ3) is 8.78. The molecule has 0 radical (unpaired) electrons. The molecule has 0 aliphatic heterocycles. The second kappa shape index (κ2) is 6.39. The SMILES string of the molecule is CCC(CC)NS(=O)(=O)[O-].[Na+]. The van der Waals surface area contributed by atoms with Crippen molar-refractivity contribution in [2.75, 3.05) is 0 Å². The molecule has 0 fully saturated rings. The summed E-state index contributed by atoms with van der Waals surface area (Å²) in [7, 11) is -4.25. The van der Waals surface area contributed by atoms with Crippen molar-refractivity contribution in [3.63, 3.8) is 0 Å². The van der Waals surface area contributed by atoms with Crippen molar-refractivity contribution in [2.45, 2.75) is 32.7 Å². The summed E-state index contributed by atoms with van der Waals surface area (Å²) >= 11 is 0. The van der Waals surface area contributed by atoms with Gasteiger partial charge >= 0.3 is 29.6 Å². The number of rotatable bonds is 4. The van der Waals surface area contributed by atoms with Crippen molar-refractivity contribution in [3.05, 3.63) is 0 Å². The van der Waals surface area contributed by atoms with Crippen molar-refractivity contribution >= 4 is 10.3 Å². The third-order valence-corrected chi connectivity index (χ3v) is 1.92. The smallest absolute Gasteiger partial charge is 0.735 e. The Labute approximate surface area is 89.9 Å². The van der Waals surface area contributed by atoms with Gasteiger partial charge < -0.3 is 4.55 Å². The zero-order valence-electron chi connectivity index (χ0n) is 7.12. The average molecular weight is 189 g/mol. The van der Waals surface area contributed by atoms with Gasteiger partial charge in [-0.15, -0.1) is 0 Å². The summed E-state index contributed by atoms with van der Waals surface area (Å²) in [5, 5.41) is 0. The Kier molecular flexibility index (Phi) is 8.37. The molecule has 1 N–H and O–H groups in total. The summed E-state index contributed by atoms with van der Waals surface area (Å²) < 4.78 is 32.3. The molecule has 0 unspecified atom stereocenters. The zero-order chi connectivity index (χ0) is 8.20. The van der Waals surface area contributed by atoms with E-state index in [0.29, 0.717) is 12.8 Å². The van der Waals surface area contributed by atoms with Crippen LogP contribution in [0.1, 0.15) is 26.7 Å². The van der Waals surface area contributed by atoms with E-state index in [4.69, 9.17) is 0 Å². The minimum atomic E-state index is -4.25. The van der Waals surface area contributed by atoms with Crippen LogP contribution < -0.4 is 34.3 Å².